The monoisotopic (exact) mass is 254 g/mol. The minimum Gasteiger partial charge on any atom is -0.341 e. The summed E-state index contributed by atoms with van der Waals surface area (Å²) in [5.41, 5.74) is 0.420. The first kappa shape index (κ1) is 12.6. The van der Waals surface area contributed by atoms with E-state index in [9.17, 15) is 0 Å². The summed E-state index contributed by atoms with van der Waals surface area (Å²) in [4.78, 5) is 2.33. The second kappa shape index (κ2) is 4.44. The Morgan fingerprint density at radius 1 is 1.29 bits per heavy atom. The van der Waals surface area contributed by atoms with Crippen LogP contribution in [0.15, 0.2) is 0 Å². The van der Waals surface area contributed by atoms with Gasteiger partial charge in [0.2, 0.25) is 5.95 Å². The largest absolute Gasteiger partial charge is 0.341 e. The Balaban J connectivity index is 2.05. The van der Waals surface area contributed by atoms with Gasteiger partial charge in [0.25, 0.3) is 0 Å². The zero-order chi connectivity index (χ0) is 12.6. The van der Waals surface area contributed by atoms with Crippen LogP contribution in [0.1, 0.15) is 33.6 Å². The number of hydrogen-bond donors (Lipinski definition) is 1. The predicted octanol–water partition coefficient (Wildman–Crippen LogP) is 2.74. The standard InChI is InChI=1S/C12H22N4S/c1-12(2,3)9-5-7-16(8-6-9)10-13-14-11(17)15(10)4/h9H,5-8H2,1-4H3,(H,14,17). The van der Waals surface area contributed by atoms with Crippen LogP contribution in [-0.4, -0.2) is 27.9 Å². The third kappa shape index (κ3) is 2.54. The van der Waals surface area contributed by atoms with Gasteiger partial charge in [-0.05, 0) is 36.4 Å². The quantitative estimate of drug-likeness (QED) is 0.783. The van der Waals surface area contributed by atoms with E-state index < -0.39 is 0 Å². The fourth-order valence-corrected chi connectivity index (χ4v) is 2.69. The highest BCUT2D eigenvalue weighted by molar-refractivity contribution is 7.71. The van der Waals surface area contributed by atoms with Crippen molar-refractivity contribution >= 4 is 18.2 Å². The van der Waals surface area contributed by atoms with E-state index in [-0.39, 0.29) is 0 Å². The van der Waals surface area contributed by atoms with E-state index in [2.05, 4.69) is 35.9 Å². The van der Waals surface area contributed by atoms with Gasteiger partial charge in [0.1, 0.15) is 0 Å². The molecule has 0 bridgehead atoms. The number of nitrogens with zero attached hydrogens (tertiary/aromatic N) is 3. The average molecular weight is 254 g/mol. The molecule has 1 aliphatic heterocycles. The van der Waals surface area contributed by atoms with Crippen LogP contribution < -0.4 is 4.90 Å². The maximum atomic E-state index is 5.14. The van der Waals surface area contributed by atoms with E-state index in [4.69, 9.17) is 12.2 Å². The highest BCUT2D eigenvalue weighted by Gasteiger charge is 2.29. The van der Waals surface area contributed by atoms with E-state index in [0.29, 0.717) is 10.2 Å². The number of hydrogen-bond acceptors (Lipinski definition) is 3. The van der Waals surface area contributed by atoms with Crippen molar-refractivity contribution in [3.8, 4) is 0 Å². The smallest absolute Gasteiger partial charge is 0.225 e. The highest BCUT2D eigenvalue weighted by atomic mass is 32.1. The van der Waals surface area contributed by atoms with Crippen LogP contribution in [-0.2, 0) is 7.05 Å². The van der Waals surface area contributed by atoms with Gasteiger partial charge in [-0.15, -0.1) is 5.10 Å². The molecule has 0 aromatic carbocycles. The Hall–Kier alpha value is -0.840. The molecular weight excluding hydrogens is 232 g/mol. The molecule has 2 heterocycles. The first-order chi connectivity index (χ1) is 7.89. The van der Waals surface area contributed by atoms with Crippen LogP contribution in [0.25, 0.3) is 0 Å². The van der Waals surface area contributed by atoms with Gasteiger partial charge in [0, 0.05) is 20.1 Å². The normalized spacial score (nSPS) is 18.7. The van der Waals surface area contributed by atoms with Gasteiger partial charge >= 0.3 is 0 Å². The molecule has 0 saturated carbocycles. The number of H-pyrrole nitrogens is 1. The van der Waals surface area contributed by atoms with E-state index in [1.807, 2.05) is 11.6 Å². The lowest BCUT2D eigenvalue weighted by Gasteiger charge is -2.38. The van der Waals surface area contributed by atoms with Crippen LogP contribution in [0.3, 0.4) is 0 Å². The lowest BCUT2D eigenvalue weighted by molar-refractivity contribution is 0.198. The summed E-state index contributed by atoms with van der Waals surface area (Å²) < 4.78 is 2.64. The Labute approximate surface area is 108 Å². The number of piperidine rings is 1. The molecule has 0 amide bonds. The molecule has 1 saturated heterocycles. The first-order valence-corrected chi connectivity index (χ1v) is 6.67. The molecule has 96 valence electrons. The molecule has 2 rings (SSSR count). The summed E-state index contributed by atoms with van der Waals surface area (Å²) in [7, 11) is 1.97. The van der Waals surface area contributed by atoms with E-state index >= 15 is 0 Å². The fraction of sp³-hybridized carbons (Fsp3) is 0.833. The van der Waals surface area contributed by atoms with Crippen molar-refractivity contribution < 1.29 is 0 Å². The number of aromatic amines is 1. The van der Waals surface area contributed by atoms with Crippen molar-refractivity contribution in [2.75, 3.05) is 18.0 Å². The van der Waals surface area contributed by atoms with Crippen molar-refractivity contribution in [2.24, 2.45) is 18.4 Å². The Kier molecular flexibility index (Phi) is 3.30. The SMILES string of the molecule is Cn1c(N2CCC(C(C)(C)C)CC2)n[nH]c1=S. The van der Waals surface area contributed by atoms with Gasteiger partial charge in [-0.1, -0.05) is 20.8 Å². The van der Waals surface area contributed by atoms with Crippen LogP contribution in [0.5, 0.6) is 0 Å². The average Bonchev–Trinajstić information content (AvgIpc) is 2.59. The summed E-state index contributed by atoms with van der Waals surface area (Å²) in [6, 6.07) is 0. The van der Waals surface area contributed by atoms with Gasteiger partial charge in [-0.2, -0.15) is 0 Å². The Bertz CT molecular complexity index is 432. The molecule has 0 spiro atoms. The second-order valence-electron chi connectivity index (χ2n) is 6.02. The minimum absolute atomic E-state index is 0.420. The molecule has 1 aromatic heterocycles. The molecule has 17 heavy (non-hydrogen) atoms. The molecule has 1 aliphatic rings. The van der Waals surface area contributed by atoms with Crippen molar-refractivity contribution in [2.45, 2.75) is 33.6 Å². The zero-order valence-electron chi connectivity index (χ0n) is 11.2. The van der Waals surface area contributed by atoms with Crippen LogP contribution in [0.4, 0.5) is 5.95 Å². The van der Waals surface area contributed by atoms with Crippen molar-refractivity contribution in [3.05, 3.63) is 4.77 Å². The topological polar surface area (TPSA) is 36.9 Å². The molecule has 1 N–H and O–H groups in total. The molecule has 1 aromatic rings. The summed E-state index contributed by atoms with van der Waals surface area (Å²) >= 11 is 5.14. The van der Waals surface area contributed by atoms with Crippen molar-refractivity contribution in [1.82, 2.24) is 14.8 Å². The van der Waals surface area contributed by atoms with Crippen LogP contribution >= 0.6 is 12.2 Å². The third-order valence-corrected chi connectivity index (χ3v) is 4.22. The van der Waals surface area contributed by atoms with E-state index in [1.54, 1.807) is 0 Å². The molecule has 0 aliphatic carbocycles. The lowest BCUT2D eigenvalue weighted by atomic mass is 9.75. The molecule has 0 unspecified atom stereocenters. The summed E-state index contributed by atoms with van der Waals surface area (Å²) in [6.07, 6.45) is 2.48. The minimum atomic E-state index is 0.420. The van der Waals surface area contributed by atoms with E-state index in [1.165, 1.54) is 12.8 Å². The maximum absolute atomic E-state index is 5.14. The molecule has 1 fully saturated rings. The zero-order valence-corrected chi connectivity index (χ0v) is 12.0. The first-order valence-electron chi connectivity index (χ1n) is 6.26. The molecule has 4 nitrogen and oxygen atoms in total. The Morgan fingerprint density at radius 3 is 2.29 bits per heavy atom. The van der Waals surface area contributed by atoms with Gasteiger partial charge in [0.15, 0.2) is 4.77 Å². The highest BCUT2D eigenvalue weighted by Crippen LogP contribution is 2.35. The van der Waals surface area contributed by atoms with Crippen molar-refractivity contribution in [1.29, 1.82) is 0 Å². The van der Waals surface area contributed by atoms with Crippen LogP contribution in [0, 0.1) is 16.1 Å². The van der Waals surface area contributed by atoms with Gasteiger partial charge in [0.05, 0.1) is 0 Å². The second-order valence-corrected chi connectivity index (χ2v) is 6.40. The van der Waals surface area contributed by atoms with E-state index in [0.717, 1.165) is 25.0 Å². The third-order valence-electron chi connectivity index (χ3n) is 3.86. The molecule has 0 atom stereocenters. The number of rotatable bonds is 1. The molecule has 0 radical (unpaired) electrons. The summed E-state index contributed by atoms with van der Waals surface area (Å²) in [5, 5.41) is 7.15. The van der Waals surface area contributed by atoms with Crippen LogP contribution in [0.2, 0.25) is 0 Å². The number of nitrogens with one attached hydrogen (secondary N) is 1. The number of aromatic nitrogens is 3. The lowest BCUT2D eigenvalue weighted by Crippen LogP contribution is -2.39. The summed E-state index contributed by atoms with van der Waals surface area (Å²) in [5.74, 6) is 1.79. The Morgan fingerprint density at radius 2 is 1.88 bits per heavy atom. The number of anilines is 1. The molecular formula is C12H22N4S. The van der Waals surface area contributed by atoms with Gasteiger partial charge in [-0.3, -0.25) is 4.57 Å². The van der Waals surface area contributed by atoms with Gasteiger partial charge < -0.3 is 4.90 Å². The van der Waals surface area contributed by atoms with Crippen molar-refractivity contribution in [3.63, 3.8) is 0 Å². The van der Waals surface area contributed by atoms with Gasteiger partial charge in [-0.25, -0.2) is 5.10 Å². The summed E-state index contributed by atoms with van der Waals surface area (Å²) in [6.45, 7) is 9.17. The maximum Gasteiger partial charge on any atom is 0.225 e. The molecule has 5 heteroatoms. The fourth-order valence-electron chi connectivity index (χ4n) is 2.57. The predicted molar refractivity (Wildman–Crippen MR) is 72.8 cm³/mol.